The fourth-order valence-corrected chi connectivity index (χ4v) is 7.08. The number of nitrogens with zero attached hydrogens (tertiary/aromatic N) is 4. The highest BCUT2D eigenvalue weighted by atomic mass is 35.5. The molecule has 2 aromatic carbocycles. The Kier molecular flexibility index (Phi) is 8.85. The maximum atomic E-state index is 6.49. The third-order valence-corrected chi connectivity index (χ3v) is 9.11. The Labute approximate surface area is 243 Å². The molecule has 1 aromatic heterocycles. The maximum absolute atomic E-state index is 6.49. The Morgan fingerprint density at radius 2 is 1.69 bits per heavy atom. The van der Waals surface area contributed by atoms with Crippen molar-refractivity contribution < 1.29 is 4.74 Å². The number of halogens is 1. The summed E-state index contributed by atoms with van der Waals surface area (Å²) in [5, 5.41) is 8.42. The van der Waals surface area contributed by atoms with Crippen LogP contribution in [0.15, 0.2) is 48.7 Å². The average Bonchev–Trinajstić information content (AvgIpc) is 2.85. The third-order valence-electron chi connectivity index (χ3n) is 7.48. The van der Waals surface area contributed by atoms with E-state index in [-0.39, 0.29) is 18.6 Å². The summed E-state index contributed by atoms with van der Waals surface area (Å²) in [6.07, 6.45) is 3.78. The Morgan fingerprint density at radius 1 is 1.03 bits per heavy atom. The summed E-state index contributed by atoms with van der Waals surface area (Å²) >= 11 is 6.49. The number of para-hydroxylation sites is 1. The quantitative estimate of drug-likeness (QED) is 0.319. The highest BCUT2D eigenvalue weighted by Crippen LogP contribution is 2.41. The van der Waals surface area contributed by atoms with E-state index >= 15 is 0 Å². The van der Waals surface area contributed by atoms with E-state index in [4.69, 9.17) is 21.3 Å². The van der Waals surface area contributed by atoms with Crippen molar-refractivity contribution in [1.29, 1.82) is 0 Å². The minimum absolute atomic E-state index is 0.0237. The van der Waals surface area contributed by atoms with Gasteiger partial charge in [-0.25, -0.2) is 4.98 Å². The Morgan fingerprint density at radius 3 is 2.31 bits per heavy atom. The van der Waals surface area contributed by atoms with Crippen molar-refractivity contribution in [2.75, 3.05) is 50.1 Å². The molecule has 0 atom stereocenters. The van der Waals surface area contributed by atoms with Crippen LogP contribution in [0.5, 0.6) is 5.75 Å². The first kappa shape index (κ1) is 29.6. The molecule has 3 aromatic rings. The predicted molar refractivity (Wildman–Crippen MR) is 180 cm³/mol. The van der Waals surface area contributed by atoms with E-state index in [9.17, 15) is 0 Å². The summed E-state index contributed by atoms with van der Waals surface area (Å²) in [5.41, 5.74) is 2.93. The van der Waals surface area contributed by atoms with E-state index in [1.54, 1.807) is 13.3 Å². The van der Waals surface area contributed by atoms with Crippen LogP contribution < -0.4 is 25.6 Å². The molecule has 1 aliphatic rings. The number of piperidine rings is 1. The molecule has 0 unspecified atom stereocenters. The molecule has 1 fully saturated rings. The fraction of sp³-hybridized carbons (Fsp3) is 0.385. The van der Waals surface area contributed by atoms with Crippen molar-refractivity contribution in [3.63, 3.8) is 0 Å². The molecule has 0 aliphatic carbocycles. The zero-order valence-corrected chi connectivity index (χ0v) is 26.3. The van der Waals surface area contributed by atoms with E-state index in [2.05, 4.69) is 115 Å². The van der Waals surface area contributed by atoms with Gasteiger partial charge in [-0.15, -0.1) is 0 Å². The average molecular weight is 560 g/mol. The standard InChI is InChI=1S/C26H38B4ClN6OP/c1-36(2)17-13-25(27,28)37(26(29,30)14-17)16-10-11-19(21(12-16)38-3)34-24-32-15-18(31)23(35-24)33-20-8-6-7-9-22(20)39(4)5/h6-12,15,17H,13-14,27-30H2,1-5H3,(H2,32,33,34,35). The molecule has 7 nitrogen and oxygen atoms in total. The van der Waals surface area contributed by atoms with Gasteiger partial charge in [0.2, 0.25) is 5.95 Å². The van der Waals surface area contributed by atoms with Gasteiger partial charge in [-0.2, -0.15) is 4.98 Å². The van der Waals surface area contributed by atoms with E-state index < -0.39 is 0 Å². The number of benzene rings is 2. The molecule has 39 heavy (non-hydrogen) atoms. The largest absolute Gasteiger partial charge is 0.494 e. The van der Waals surface area contributed by atoms with Gasteiger partial charge in [0, 0.05) is 23.5 Å². The molecule has 0 radical (unpaired) electrons. The number of hydrogen-bond acceptors (Lipinski definition) is 7. The number of hydrogen-bond donors (Lipinski definition) is 2. The Bertz CT molecular complexity index is 1310. The van der Waals surface area contributed by atoms with Gasteiger partial charge >= 0.3 is 0 Å². The summed E-state index contributed by atoms with van der Waals surface area (Å²) in [5.74, 6) is 1.73. The van der Waals surface area contributed by atoms with Crippen LogP contribution in [0, 0.1) is 0 Å². The van der Waals surface area contributed by atoms with E-state index in [1.165, 1.54) is 5.30 Å². The fourth-order valence-electron chi connectivity index (χ4n) is 5.95. The highest BCUT2D eigenvalue weighted by Gasteiger charge is 2.45. The van der Waals surface area contributed by atoms with Crippen LogP contribution in [-0.4, -0.2) is 97.5 Å². The number of aromatic nitrogens is 2. The number of ether oxygens (including phenoxy) is 1. The molecule has 0 spiro atoms. The summed E-state index contributed by atoms with van der Waals surface area (Å²) < 4.78 is 5.84. The highest BCUT2D eigenvalue weighted by molar-refractivity contribution is 7.64. The van der Waals surface area contributed by atoms with Crippen LogP contribution in [0.4, 0.5) is 28.8 Å². The van der Waals surface area contributed by atoms with E-state index in [1.807, 2.05) is 12.1 Å². The van der Waals surface area contributed by atoms with Crippen LogP contribution in [0.2, 0.25) is 5.02 Å². The smallest absolute Gasteiger partial charge is 0.229 e. The van der Waals surface area contributed by atoms with E-state index in [0.717, 1.165) is 35.7 Å². The van der Waals surface area contributed by atoms with E-state index in [0.29, 0.717) is 22.8 Å². The Balaban J connectivity index is 1.61. The zero-order chi connectivity index (χ0) is 28.5. The lowest BCUT2D eigenvalue weighted by atomic mass is 9.45. The molecule has 4 rings (SSSR count). The second-order valence-electron chi connectivity index (χ2n) is 11.9. The summed E-state index contributed by atoms with van der Waals surface area (Å²) in [6, 6.07) is 15.1. The van der Waals surface area contributed by atoms with Gasteiger partial charge in [-0.3, -0.25) is 0 Å². The Hall–Kier alpha value is -2.34. The first-order valence-electron chi connectivity index (χ1n) is 13.3. The van der Waals surface area contributed by atoms with Crippen molar-refractivity contribution in [2.24, 2.45) is 0 Å². The van der Waals surface area contributed by atoms with Gasteiger partial charge in [0.25, 0.3) is 0 Å². The van der Waals surface area contributed by atoms with Crippen molar-refractivity contribution >= 4 is 85.0 Å². The molecule has 0 amide bonds. The van der Waals surface area contributed by atoms with Crippen molar-refractivity contribution in [3.8, 4) is 5.75 Å². The molecular weight excluding hydrogens is 522 g/mol. The summed E-state index contributed by atoms with van der Waals surface area (Å²) in [4.78, 5) is 14.0. The molecule has 2 N–H and O–H groups in total. The molecule has 13 heteroatoms. The van der Waals surface area contributed by atoms with Gasteiger partial charge in [0.15, 0.2) is 5.82 Å². The summed E-state index contributed by atoms with van der Waals surface area (Å²) in [7, 11) is 15.1. The number of rotatable bonds is 8. The topological polar surface area (TPSA) is 65.5 Å². The molecule has 2 heterocycles. The molecular formula is C26H38B4ClN6OP. The summed E-state index contributed by atoms with van der Waals surface area (Å²) in [6.45, 7) is 4.46. The van der Waals surface area contributed by atoms with Gasteiger partial charge in [-0.05, 0) is 74.4 Å². The molecule has 0 saturated carbocycles. The van der Waals surface area contributed by atoms with Crippen LogP contribution >= 0.6 is 19.5 Å². The molecule has 202 valence electrons. The van der Waals surface area contributed by atoms with Crippen molar-refractivity contribution in [2.45, 2.75) is 29.6 Å². The van der Waals surface area contributed by atoms with Crippen LogP contribution in [0.25, 0.3) is 0 Å². The lowest BCUT2D eigenvalue weighted by molar-refractivity contribution is 0.216. The van der Waals surface area contributed by atoms with Gasteiger partial charge in [0.1, 0.15) is 42.2 Å². The van der Waals surface area contributed by atoms with Crippen molar-refractivity contribution in [1.82, 2.24) is 14.9 Å². The normalized spacial score (nSPS) is 16.9. The third kappa shape index (κ3) is 6.53. The van der Waals surface area contributed by atoms with Crippen molar-refractivity contribution in [3.05, 3.63) is 53.7 Å². The maximum Gasteiger partial charge on any atom is 0.229 e. The number of nitrogens with one attached hydrogen (secondary N) is 2. The van der Waals surface area contributed by atoms with Gasteiger partial charge in [-0.1, -0.05) is 37.7 Å². The lowest BCUT2D eigenvalue weighted by Crippen LogP contribution is -2.70. The minimum Gasteiger partial charge on any atom is -0.494 e. The van der Waals surface area contributed by atoms with Crippen LogP contribution in [-0.2, 0) is 0 Å². The minimum atomic E-state index is -0.293. The predicted octanol–water partition coefficient (Wildman–Crippen LogP) is 1.36. The number of methoxy groups -OCH3 is 1. The first-order valence-corrected chi connectivity index (χ1v) is 15.9. The second kappa shape index (κ2) is 11.6. The SMILES string of the molecule is BC1(B)CC(N(C)C)CC(B)(B)N1c1ccc(Nc2ncc(Cl)c(Nc3ccccc3P(C)C)n2)c(OC)c1. The first-order chi connectivity index (χ1) is 18.3. The zero-order valence-electron chi connectivity index (χ0n) is 24.6. The number of anilines is 5. The van der Waals surface area contributed by atoms with Crippen LogP contribution in [0.3, 0.4) is 0 Å². The van der Waals surface area contributed by atoms with Gasteiger partial charge < -0.3 is 25.2 Å². The molecule has 1 saturated heterocycles. The lowest BCUT2D eigenvalue weighted by Gasteiger charge is -2.59. The van der Waals surface area contributed by atoms with Crippen LogP contribution in [0.1, 0.15) is 12.8 Å². The molecule has 0 bridgehead atoms. The molecule has 1 aliphatic heterocycles. The van der Waals surface area contributed by atoms with Gasteiger partial charge in [0.05, 0.1) is 19.0 Å². The monoisotopic (exact) mass is 560 g/mol. The second-order valence-corrected chi connectivity index (χ2v) is 14.6.